The highest BCUT2D eigenvalue weighted by Crippen LogP contribution is 2.61. The topological polar surface area (TPSA) is 46.5 Å². The maximum Gasteiger partial charge on any atom is 0.306 e. The Kier molecular flexibility index (Phi) is 5.22. The highest BCUT2D eigenvalue weighted by Gasteiger charge is 2.56. The SMILES string of the molecule is CCCCCC(=O)O[C@H]1CC[C@H]2[C@@H]3CCc4cc(O)ccc4[C@H]3CC[C@]12C. The Morgan fingerprint density at radius 1 is 1.22 bits per heavy atom. The van der Waals surface area contributed by atoms with Crippen LogP contribution in [-0.4, -0.2) is 17.2 Å². The van der Waals surface area contributed by atoms with E-state index in [9.17, 15) is 9.90 Å². The van der Waals surface area contributed by atoms with Crippen molar-refractivity contribution in [2.24, 2.45) is 17.3 Å². The summed E-state index contributed by atoms with van der Waals surface area (Å²) in [5.74, 6) is 2.38. The number of carbonyl (C=O) groups is 1. The molecule has 1 N–H and O–H groups in total. The molecular formula is C24H34O3. The third-order valence-corrected chi connectivity index (χ3v) is 7.88. The summed E-state index contributed by atoms with van der Waals surface area (Å²) < 4.78 is 6.02. The number of ether oxygens (including phenoxy) is 1. The first-order valence-corrected chi connectivity index (χ1v) is 11.0. The second kappa shape index (κ2) is 7.48. The summed E-state index contributed by atoms with van der Waals surface area (Å²) in [6.45, 7) is 4.55. The van der Waals surface area contributed by atoms with Gasteiger partial charge in [0.2, 0.25) is 0 Å². The lowest BCUT2D eigenvalue weighted by molar-refractivity contribution is -0.157. The molecule has 0 heterocycles. The van der Waals surface area contributed by atoms with Gasteiger partial charge in [0.1, 0.15) is 11.9 Å². The fourth-order valence-corrected chi connectivity index (χ4v) is 6.45. The molecule has 0 aliphatic heterocycles. The molecule has 1 aromatic carbocycles. The van der Waals surface area contributed by atoms with Crippen LogP contribution in [0.15, 0.2) is 18.2 Å². The number of rotatable bonds is 5. The quantitative estimate of drug-likeness (QED) is 0.531. The van der Waals surface area contributed by atoms with Crippen molar-refractivity contribution in [2.75, 3.05) is 0 Å². The number of unbranched alkanes of at least 4 members (excludes halogenated alkanes) is 2. The van der Waals surface area contributed by atoms with E-state index in [1.54, 1.807) is 0 Å². The minimum Gasteiger partial charge on any atom is -0.508 e. The average Bonchev–Trinajstić information content (AvgIpc) is 2.98. The van der Waals surface area contributed by atoms with Crippen molar-refractivity contribution in [3.8, 4) is 5.75 Å². The zero-order valence-electron chi connectivity index (χ0n) is 16.9. The third-order valence-electron chi connectivity index (χ3n) is 7.88. The molecular weight excluding hydrogens is 336 g/mol. The summed E-state index contributed by atoms with van der Waals surface area (Å²) in [7, 11) is 0. The van der Waals surface area contributed by atoms with Crippen molar-refractivity contribution >= 4 is 5.97 Å². The van der Waals surface area contributed by atoms with Gasteiger partial charge < -0.3 is 9.84 Å². The number of esters is 1. The molecule has 0 amide bonds. The summed E-state index contributed by atoms with van der Waals surface area (Å²) in [6.07, 6.45) is 10.7. The molecule has 0 unspecified atom stereocenters. The molecule has 2 saturated carbocycles. The second-order valence-corrected chi connectivity index (χ2v) is 9.36. The largest absolute Gasteiger partial charge is 0.508 e. The van der Waals surface area contributed by atoms with E-state index < -0.39 is 0 Å². The maximum atomic E-state index is 12.3. The monoisotopic (exact) mass is 370 g/mol. The molecule has 148 valence electrons. The lowest BCUT2D eigenvalue weighted by Crippen LogP contribution is -2.45. The molecule has 3 heteroatoms. The number of hydrogen-bond donors (Lipinski definition) is 1. The molecule has 1 aromatic rings. The molecule has 0 radical (unpaired) electrons. The number of aryl methyl sites for hydroxylation is 1. The zero-order chi connectivity index (χ0) is 19.0. The van der Waals surface area contributed by atoms with Gasteiger partial charge in [-0.05, 0) is 86.0 Å². The highest BCUT2D eigenvalue weighted by molar-refractivity contribution is 5.69. The number of hydrogen-bond acceptors (Lipinski definition) is 3. The normalized spacial score (nSPS) is 34.4. The van der Waals surface area contributed by atoms with Crippen LogP contribution in [0.3, 0.4) is 0 Å². The van der Waals surface area contributed by atoms with E-state index in [1.165, 1.54) is 30.4 Å². The van der Waals surface area contributed by atoms with E-state index in [4.69, 9.17) is 4.74 Å². The van der Waals surface area contributed by atoms with Crippen LogP contribution >= 0.6 is 0 Å². The van der Waals surface area contributed by atoms with E-state index >= 15 is 0 Å². The molecule has 5 atom stereocenters. The summed E-state index contributed by atoms with van der Waals surface area (Å²) in [5, 5.41) is 9.82. The number of fused-ring (bicyclic) bond motifs is 5. The summed E-state index contributed by atoms with van der Waals surface area (Å²) in [5.41, 5.74) is 2.96. The Labute approximate surface area is 163 Å². The van der Waals surface area contributed by atoms with Crippen molar-refractivity contribution in [2.45, 2.75) is 90.1 Å². The van der Waals surface area contributed by atoms with Crippen molar-refractivity contribution in [1.82, 2.24) is 0 Å². The predicted octanol–water partition coefficient (Wildman–Crippen LogP) is 5.74. The number of aromatic hydroxyl groups is 1. The van der Waals surface area contributed by atoms with Crippen LogP contribution in [0.5, 0.6) is 5.75 Å². The van der Waals surface area contributed by atoms with Crippen LogP contribution in [0.25, 0.3) is 0 Å². The standard InChI is InChI=1S/C24H34O3/c1-3-4-5-6-23(26)27-22-12-11-21-20-9-7-16-15-17(25)8-10-18(16)19(20)13-14-24(21,22)2/h8,10,15,19-22,25H,3-7,9,11-14H2,1-2H3/t19-,20-,21+,22+,24+/m1/s1. The fourth-order valence-electron chi connectivity index (χ4n) is 6.45. The van der Waals surface area contributed by atoms with Crippen LogP contribution < -0.4 is 0 Å². The van der Waals surface area contributed by atoms with Gasteiger partial charge in [-0.25, -0.2) is 0 Å². The minimum absolute atomic E-state index is 0.0157. The van der Waals surface area contributed by atoms with E-state index in [0.29, 0.717) is 29.9 Å². The second-order valence-electron chi connectivity index (χ2n) is 9.36. The van der Waals surface area contributed by atoms with E-state index in [1.807, 2.05) is 12.1 Å². The van der Waals surface area contributed by atoms with Gasteiger partial charge in [0.15, 0.2) is 0 Å². The van der Waals surface area contributed by atoms with E-state index in [0.717, 1.165) is 38.5 Å². The summed E-state index contributed by atoms with van der Waals surface area (Å²) in [4.78, 5) is 12.3. The number of carbonyl (C=O) groups excluding carboxylic acids is 1. The molecule has 27 heavy (non-hydrogen) atoms. The molecule has 4 rings (SSSR count). The Hall–Kier alpha value is -1.51. The van der Waals surface area contributed by atoms with E-state index in [-0.39, 0.29) is 17.5 Å². The first-order chi connectivity index (χ1) is 13.0. The minimum atomic E-state index is 0.0157. The molecule has 3 aliphatic rings. The third kappa shape index (κ3) is 3.39. The van der Waals surface area contributed by atoms with Crippen molar-refractivity contribution in [3.63, 3.8) is 0 Å². The number of phenolic OH excluding ortho intramolecular Hbond substituents is 1. The van der Waals surface area contributed by atoms with Gasteiger partial charge >= 0.3 is 5.97 Å². The number of benzene rings is 1. The molecule has 0 bridgehead atoms. The van der Waals surface area contributed by atoms with Crippen LogP contribution in [-0.2, 0) is 16.0 Å². The van der Waals surface area contributed by atoms with E-state index in [2.05, 4.69) is 19.9 Å². The van der Waals surface area contributed by atoms with Gasteiger partial charge in [0.05, 0.1) is 0 Å². The first kappa shape index (κ1) is 18.8. The lowest BCUT2D eigenvalue weighted by atomic mass is 9.55. The Balaban J connectivity index is 1.47. The van der Waals surface area contributed by atoms with Gasteiger partial charge in [0.25, 0.3) is 0 Å². The smallest absolute Gasteiger partial charge is 0.306 e. The Bertz CT molecular complexity index is 697. The zero-order valence-corrected chi connectivity index (χ0v) is 16.9. The molecule has 0 spiro atoms. The summed E-state index contributed by atoms with van der Waals surface area (Å²) in [6, 6.07) is 5.98. The molecule has 3 nitrogen and oxygen atoms in total. The predicted molar refractivity (Wildman–Crippen MR) is 107 cm³/mol. The lowest BCUT2D eigenvalue weighted by Gasteiger charge is -2.50. The van der Waals surface area contributed by atoms with Crippen LogP contribution in [0.4, 0.5) is 0 Å². The average molecular weight is 371 g/mol. The fraction of sp³-hybridized carbons (Fsp3) is 0.708. The molecule has 2 fully saturated rings. The summed E-state index contributed by atoms with van der Waals surface area (Å²) >= 11 is 0. The molecule has 0 aromatic heterocycles. The molecule has 3 aliphatic carbocycles. The van der Waals surface area contributed by atoms with Gasteiger partial charge in [-0.3, -0.25) is 4.79 Å². The van der Waals surface area contributed by atoms with Crippen molar-refractivity contribution < 1.29 is 14.6 Å². The van der Waals surface area contributed by atoms with Crippen LogP contribution in [0.2, 0.25) is 0 Å². The van der Waals surface area contributed by atoms with Crippen molar-refractivity contribution in [1.29, 1.82) is 0 Å². The number of phenols is 1. The van der Waals surface area contributed by atoms with Gasteiger partial charge in [0, 0.05) is 11.8 Å². The Morgan fingerprint density at radius 2 is 2.07 bits per heavy atom. The Morgan fingerprint density at radius 3 is 2.89 bits per heavy atom. The van der Waals surface area contributed by atoms with Crippen molar-refractivity contribution in [3.05, 3.63) is 29.3 Å². The van der Waals surface area contributed by atoms with Crippen LogP contribution in [0.1, 0.15) is 88.7 Å². The molecule has 0 saturated heterocycles. The maximum absolute atomic E-state index is 12.3. The van der Waals surface area contributed by atoms with Gasteiger partial charge in [-0.1, -0.05) is 32.8 Å². The highest BCUT2D eigenvalue weighted by atomic mass is 16.5. The van der Waals surface area contributed by atoms with Gasteiger partial charge in [-0.15, -0.1) is 0 Å². The van der Waals surface area contributed by atoms with Crippen LogP contribution in [0, 0.1) is 17.3 Å². The first-order valence-electron chi connectivity index (χ1n) is 11.0. The van der Waals surface area contributed by atoms with Gasteiger partial charge in [-0.2, -0.15) is 0 Å².